The van der Waals surface area contributed by atoms with Gasteiger partial charge in [-0.3, -0.25) is 9.79 Å². The van der Waals surface area contributed by atoms with Crippen molar-refractivity contribution in [3.63, 3.8) is 0 Å². The smallest absolute Gasteiger partial charge is 0.274 e. The Bertz CT molecular complexity index is 1120. The summed E-state index contributed by atoms with van der Waals surface area (Å²) in [5, 5.41) is 10.8. The lowest BCUT2D eigenvalue weighted by Crippen LogP contribution is -2.31. The van der Waals surface area contributed by atoms with Crippen LogP contribution < -0.4 is 0 Å². The Morgan fingerprint density at radius 3 is 2.28 bits per heavy atom. The van der Waals surface area contributed by atoms with E-state index in [-0.39, 0.29) is 5.90 Å². The summed E-state index contributed by atoms with van der Waals surface area (Å²) < 4.78 is 0. The summed E-state index contributed by atoms with van der Waals surface area (Å²) in [5.41, 5.74) is 5.10. The number of hydrogen-bond acceptors (Lipinski definition) is 2. The number of aliphatic hydroxyl groups excluding tert-OH is 1. The molecular formula is C24H19ClN2O2. The van der Waals surface area contributed by atoms with Gasteiger partial charge >= 0.3 is 0 Å². The Kier molecular flexibility index (Phi) is 5.28. The first-order valence-electron chi connectivity index (χ1n) is 9.32. The number of hydrogen-bond donors (Lipinski definition) is 1. The fourth-order valence-electron chi connectivity index (χ4n) is 3.32. The molecule has 29 heavy (non-hydrogen) atoms. The van der Waals surface area contributed by atoms with Crippen molar-refractivity contribution in [1.82, 2.24) is 0 Å². The maximum atomic E-state index is 12.3. The molecule has 1 aliphatic rings. The molecular weight excluding hydrogens is 384 g/mol. The fourth-order valence-corrected chi connectivity index (χ4v) is 3.43. The highest BCUT2D eigenvalue weighted by Crippen LogP contribution is 2.22. The van der Waals surface area contributed by atoms with Crippen LogP contribution in [0.15, 0.2) is 82.8 Å². The van der Waals surface area contributed by atoms with E-state index in [4.69, 9.17) is 11.6 Å². The lowest BCUT2D eigenvalue weighted by Gasteiger charge is -2.17. The molecule has 1 atom stereocenters. The highest BCUT2D eigenvalue weighted by Gasteiger charge is 2.27. The third-order valence-electron chi connectivity index (χ3n) is 4.92. The van der Waals surface area contributed by atoms with Crippen LogP contribution in [0.1, 0.15) is 16.7 Å². The van der Waals surface area contributed by atoms with Crippen LogP contribution in [0, 0.1) is 6.92 Å². The van der Waals surface area contributed by atoms with Gasteiger partial charge < -0.3 is 5.11 Å². The Labute approximate surface area is 174 Å². The van der Waals surface area contributed by atoms with Gasteiger partial charge in [-0.25, -0.2) is 0 Å². The molecule has 1 unspecified atom stereocenters. The Morgan fingerprint density at radius 2 is 1.59 bits per heavy atom. The predicted octanol–water partition coefficient (Wildman–Crippen LogP) is 5.21. The number of halogens is 1. The summed E-state index contributed by atoms with van der Waals surface area (Å²) in [6.45, 7) is 1.88. The van der Waals surface area contributed by atoms with E-state index in [0.29, 0.717) is 22.7 Å². The maximum Gasteiger partial charge on any atom is 0.274 e. The van der Waals surface area contributed by atoms with Gasteiger partial charge in [0.15, 0.2) is 0 Å². The molecule has 0 radical (unpaired) electrons. The molecule has 1 N–H and O–H groups in total. The zero-order chi connectivity index (χ0) is 20.4. The van der Waals surface area contributed by atoms with Crippen LogP contribution in [-0.4, -0.2) is 28.7 Å². The highest BCUT2D eigenvalue weighted by atomic mass is 35.5. The van der Waals surface area contributed by atoms with Gasteiger partial charge in [0.1, 0.15) is 11.8 Å². The van der Waals surface area contributed by atoms with Gasteiger partial charge in [-0.15, -0.1) is 0 Å². The van der Waals surface area contributed by atoms with Gasteiger partial charge in [-0.1, -0.05) is 72.3 Å². The Hall–Kier alpha value is -3.24. The molecule has 1 heterocycles. The van der Waals surface area contributed by atoms with Gasteiger partial charge in [0.25, 0.3) is 5.91 Å². The Morgan fingerprint density at radius 1 is 0.931 bits per heavy atom. The number of aliphatic hydroxyl groups is 1. The molecule has 0 aromatic heterocycles. The standard InChI is InChI=1S/C24H19ClN2O2/c1-15-13-19(11-12-20(15)25)22-24(29)27-23(28)21(26-22)14-16-7-9-18(10-8-16)17-5-3-2-4-6-17/h2-13,21H,14H2,1H3,(H,27,28,29). The van der Waals surface area contributed by atoms with Crippen LogP contribution >= 0.6 is 11.6 Å². The molecule has 1 amide bonds. The third-order valence-corrected chi connectivity index (χ3v) is 5.34. The van der Waals surface area contributed by atoms with E-state index < -0.39 is 11.9 Å². The second-order valence-electron chi connectivity index (χ2n) is 7.00. The number of benzene rings is 3. The van der Waals surface area contributed by atoms with E-state index in [1.165, 1.54) is 0 Å². The number of aliphatic imine (C=N–C) groups is 2. The molecule has 0 spiro atoms. The molecule has 144 valence electrons. The monoisotopic (exact) mass is 402 g/mol. The van der Waals surface area contributed by atoms with Gasteiger partial charge in [0, 0.05) is 17.0 Å². The van der Waals surface area contributed by atoms with Crippen molar-refractivity contribution in [2.24, 2.45) is 9.98 Å². The third kappa shape index (κ3) is 4.13. The average Bonchev–Trinajstić information content (AvgIpc) is 2.73. The molecule has 0 aliphatic carbocycles. The van der Waals surface area contributed by atoms with Crippen LogP contribution in [0.5, 0.6) is 0 Å². The summed E-state index contributed by atoms with van der Waals surface area (Å²) in [4.78, 5) is 20.6. The van der Waals surface area contributed by atoms with Crippen molar-refractivity contribution in [2.45, 2.75) is 19.4 Å². The molecule has 4 rings (SSSR count). The van der Waals surface area contributed by atoms with Crippen LogP contribution in [-0.2, 0) is 11.2 Å². The van der Waals surface area contributed by atoms with Crippen LogP contribution in [0.3, 0.4) is 0 Å². The van der Waals surface area contributed by atoms with E-state index in [1.54, 1.807) is 12.1 Å². The number of aryl methyl sites for hydroxylation is 1. The summed E-state index contributed by atoms with van der Waals surface area (Å²) in [5.74, 6) is -0.795. The number of rotatable bonds is 4. The summed E-state index contributed by atoms with van der Waals surface area (Å²) in [6.07, 6.45) is 0.417. The van der Waals surface area contributed by atoms with Crippen molar-refractivity contribution in [3.8, 4) is 11.1 Å². The van der Waals surface area contributed by atoms with Crippen molar-refractivity contribution < 1.29 is 9.90 Å². The second-order valence-corrected chi connectivity index (χ2v) is 7.41. The van der Waals surface area contributed by atoms with E-state index in [2.05, 4.69) is 22.1 Å². The molecule has 0 bridgehead atoms. The van der Waals surface area contributed by atoms with Crippen LogP contribution in [0.4, 0.5) is 0 Å². The number of amides is 1. The van der Waals surface area contributed by atoms with Crippen molar-refractivity contribution in [3.05, 3.63) is 94.5 Å². The number of nitrogens with zero attached hydrogens (tertiary/aromatic N) is 2. The van der Waals surface area contributed by atoms with Crippen molar-refractivity contribution in [2.75, 3.05) is 0 Å². The first-order valence-corrected chi connectivity index (χ1v) is 9.69. The zero-order valence-corrected chi connectivity index (χ0v) is 16.6. The molecule has 0 saturated carbocycles. The normalized spacial score (nSPS) is 16.3. The van der Waals surface area contributed by atoms with E-state index in [1.807, 2.05) is 55.5 Å². The van der Waals surface area contributed by atoms with Crippen LogP contribution in [0.2, 0.25) is 5.02 Å². The SMILES string of the molecule is Cc1cc(C2=NC(Cc3ccc(-c4ccccc4)cc3)C(=O)N=C2O)ccc1Cl. The van der Waals surface area contributed by atoms with Gasteiger partial charge in [-0.2, -0.15) is 4.99 Å². The molecule has 0 saturated heterocycles. The minimum absolute atomic E-state index is 0.315. The van der Waals surface area contributed by atoms with Gasteiger partial charge in [-0.05, 0) is 41.3 Å². The van der Waals surface area contributed by atoms with E-state index >= 15 is 0 Å². The lowest BCUT2D eigenvalue weighted by atomic mass is 9.99. The topological polar surface area (TPSA) is 62.0 Å². The highest BCUT2D eigenvalue weighted by molar-refractivity contribution is 6.47. The van der Waals surface area contributed by atoms with Gasteiger partial charge in [0.2, 0.25) is 5.90 Å². The lowest BCUT2D eigenvalue weighted by molar-refractivity contribution is -0.119. The molecule has 3 aromatic carbocycles. The largest absolute Gasteiger partial charge is 0.492 e. The van der Waals surface area contributed by atoms with Crippen LogP contribution in [0.25, 0.3) is 11.1 Å². The van der Waals surface area contributed by atoms with Crippen molar-refractivity contribution >= 4 is 29.1 Å². The number of carbonyl (C=O) groups is 1. The second kappa shape index (κ2) is 8.02. The van der Waals surface area contributed by atoms with E-state index in [0.717, 1.165) is 22.3 Å². The maximum absolute atomic E-state index is 12.3. The fraction of sp³-hybridized carbons (Fsp3) is 0.125. The zero-order valence-electron chi connectivity index (χ0n) is 15.8. The van der Waals surface area contributed by atoms with Gasteiger partial charge in [0.05, 0.1) is 0 Å². The average molecular weight is 403 g/mol. The first kappa shape index (κ1) is 19.1. The summed E-state index contributed by atoms with van der Waals surface area (Å²) in [6, 6.07) is 22.8. The molecule has 5 heteroatoms. The van der Waals surface area contributed by atoms with Crippen molar-refractivity contribution in [1.29, 1.82) is 0 Å². The minimum Gasteiger partial charge on any atom is -0.492 e. The Balaban J connectivity index is 1.58. The molecule has 1 aliphatic heterocycles. The predicted molar refractivity (Wildman–Crippen MR) is 117 cm³/mol. The summed E-state index contributed by atoms with van der Waals surface area (Å²) in [7, 11) is 0. The number of carbonyl (C=O) groups excluding carboxylic acids is 1. The first-order chi connectivity index (χ1) is 14.0. The molecule has 4 nitrogen and oxygen atoms in total. The molecule has 0 fully saturated rings. The minimum atomic E-state index is -0.667. The molecule has 3 aromatic rings. The van der Waals surface area contributed by atoms with E-state index in [9.17, 15) is 9.90 Å². The summed E-state index contributed by atoms with van der Waals surface area (Å²) >= 11 is 6.09. The quantitative estimate of drug-likeness (QED) is 0.650.